The van der Waals surface area contributed by atoms with E-state index in [0.717, 1.165) is 33.9 Å². The normalized spacial score (nSPS) is 13.1. The average molecular weight is 545 g/mol. The van der Waals surface area contributed by atoms with Gasteiger partial charge in [-0.15, -0.1) is 6.58 Å². The lowest BCUT2D eigenvalue weighted by Gasteiger charge is -2.11. The summed E-state index contributed by atoms with van der Waals surface area (Å²) in [4.78, 5) is 0. The number of hydrogen-bond donors (Lipinski definition) is 0. The number of ether oxygens (including phenoxy) is 3. The Morgan fingerprint density at radius 1 is 0.564 bits per heavy atom. The van der Waals surface area contributed by atoms with Crippen molar-refractivity contribution in [3.8, 4) is 17.2 Å². The van der Waals surface area contributed by atoms with Crippen LogP contribution in [0.25, 0.3) is 0 Å². The maximum atomic E-state index is 5.72. The fraction of sp³-hybridized carbons (Fsp3) is 0.310. The molecule has 0 saturated heterocycles. The van der Waals surface area contributed by atoms with Crippen molar-refractivity contribution >= 4 is 8.56 Å². The van der Waals surface area contributed by atoms with Crippen molar-refractivity contribution in [2.24, 2.45) is 29.7 Å². The van der Waals surface area contributed by atoms with E-state index in [4.69, 9.17) is 14.2 Å². The highest BCUT2D eigenvalue weighted by molar-refractivity contribution is 6.78. The van der Waals surface area contributed by atoms with Crippen molar-refractivity contribution in [1.29, 1.82) is 0 Å². The fourth-order valence-corrected chi connectivity index (χ4v) is 4.82. The molecule has 0 saturated carbocycles. The van der Waals surface area contributed by atoms with Crippen LogP contribution in [0, 0.1) is 0 Å². The minimum absolute atomic E-state index is 0.310. The molecule has 0 N–H and O–H groups in total. The molecule has 0 fully saturated rings. The van der Waals surface area contributed by atoms with Gasteiger partial charge in [0.2, 0.25) is 0 Å². The maximum absolute atomic E-state index is 5.72. The first-order valence-electron chi connectivity index (χ1n) is 13.1. The topological polar surface area (TPSA) is 102 Å². The molecular formula is C29H36N6O3Si. The minimum Gasteiger partial charge on any atom is -0.494 e. The minimum atomic E-state index is -3.32. The predicted molar refractivity (Wildman–Crippen MR) is 154 cm³/mol. The third-order valence-electron chi connectivity index (χ3n) is 5.47. The third-order valence-corrected chi connectivity index (χ3v) is 7.32. The van der Waals surface area contributed by atoms with E-state index in [1.807, 2.05) is 93.6 Å². The number of rotatable bonds is 16. The van der Waals surface area contributed by atoms with Crippen LogP contribution in [-0.2, 0) is 19.6 Å². The monoisotopic (exact) mass is 544 g/mol. The standard InChI is InChI=1S/C29H36N6O3Si/c1-5-36-27-18-12-9-15-24(27)21-30-33-39(8-4,34-31-22-25-16-10-13-19-28(25)37-6-2)35-32-23-26-17-11-14-20-29(26)38-7-3/h8-20H,4-7,21-23H2,1-3H3. The quantitative estimate of drug-likeness (QED) is 0.136. The van der Waals surface area contributed by atoms with Crippen LogP contribution in [0.5, 0.6) is 17.2 Å². The number of benzene rings is 3. The van der Waals surface area contributed by atoms with Gasteiger partial charge in [0.15, 0.2) is 0 Å². The van der Waals surface area contributed by atoms with Crippen LogP contribution in [0.15, 0.2) is 115 Å². The molecule has 39 heavy (non-hydrogen) atoms. The molecule has 0 aliphatic carbocycles. The van der Waals surface area contributed by atoms with Crippen molar-refractivity contribution in [2.45, 2.75) is 40.4 Å². The van der Waals surface area contributed by atoms with Crippen LogP contribution in [0.3, 0.4) is 0 Å². The van der Waals surface area contributed by atoms with Crippen molar-refractivity contribution < 1.29 is 14.2 Å². The predicted octanol–water partition coefficient (Wildman–Crippen LogP) is 7.80. The summed E-state index contributed by atoms with van der Waals surface area (Å²) in [6, 6.07) is 23.2. The molecule has 9 nitrogen and oxygen atoms in total. The van der Waals surface area contributed by atoms with Gasteiger partial charge in [0.25, 0.3) is 0 Å². The van der Waals surface area contributed by atoms with E-state index in [-0.39, 0.29) is 0 Å². The Kier molecular flexibility index (Phi) is 12.0. The zero-order valence-electron chi connectivity index (χ0n) is 22.9. The highest BCUT2D eigenvalue weighted by Crippen LogP contribution is 2.24. The molecule has 0 bridgehead atoms. The van der Waals surface area contributed by atoms with E-state index in [2.05, 4.69) is 36.3 Å². The highest BCUT2D eigenvalue weighted by atomic mass is 28.4. The van der Waals surface area contributed by atoms with Gasteiger partial charge in [-0.25, -0.2) is 0 Å². The van der Waals surface area contributed by atoms with Crippen molar-refractivity contribution in [2.75, 3.05) is 19.8 Å². The molecular weight excluding hydrogens is 508 g/mol. The van der Waals surface area contributed by atoms with Gasteiger partial charge in [0.1, 0.15) is 17.2 Å². The molecule has 0 aliphatic heterocycles. The van der Waals surface area contributed by atoms with Gasteiger partial charge in [-0.2, -0.15) is 29.7 Å². The van der Waals surface area contributed by atoms with Crippen LogP contribution in [0.2, 0.25) is 0 Å². The Bertz CT molecular complexity index is 1130. The molecule has 3 aromatic rings. The van der Waals surface area contributed by atoms with E-state index in [9.17, 15) is 0 Å². The lowest BCUT2D eigenvalue weighted by molar-refractivity contribution is 0.336. The third kappa shape index (κ3) is 8.96. The second-order valence-corrected chi connectivity index (χ2v) is 10.6. The Hall–Kier alpha value is -4.18. The zero-order chi connectivity index (χ0) is 27.8. The first kappa shape index (κ1) is 29.4. The van der Waals surface area contributed by atoms with E-state index in [0.29, 0.717) is 39.5 Å². The first-order chi connectivity index (χ1) is 19.1. The molecule has 0 spiro atoms. The van der Waals surface area contributed by atoms with Crippen molar-refractivity contribution in [3.05, 3.63) is 102 Å². The Morgan fingerprint density at radius 2 is 0.872 bits per heavy atom. The van der Waals surface area contributed by atoms with E-state index in [1.54, 1.807) is 5.70 Å². The van der Waals surface area contributed by atoms with Crippen molar-refractivity contribution in [3.63, 3.8) is 0 Å². The van der Waals surface area contributed by atoms with Crippen LogP contribution in [-0.4, -0.2) is 28.4 Å². The van der Waals surface area contributed by atoms with Crippen LogP contribution < -0.4 is 14.2 Å². The summed E-state index contributed by atoms with van der Waals surface area (Å²) in [5.74, 6) is 2.31. The lowest BCUT2D eigenvalue weighted by atomic mass is 10.2. The van der Waals surface area contributed by atoms with E-state index < -0.39 is 8.56 Å². The molecule has 0 radical (unpaired) electrons. The van der Waals surface area contributed by atoms with Gasteiger partial charge >= 0.3 is 8.56 Å². The molecule has 0 unspecified atom stereocenters. The fourth-order valence-electron chi connectivity index (χ4n) is 3.62. The molecule has 0 atom stereocenters. The second-order valence-electron chi connectivity index (χ2n) is 8.21. The van der Waals surface area contributed by atoms with Gasteiger partial charge < -0.3 is 14.2 Å². The first-order valence-corrected chi connectivity index (χ1v) is 15.0. The number of nitrogens with zero attached hydrogens (tertiary/aromatic N) is 6. The summed E-state index contributed by atoms with van der Waals surface area (Å²) in [5.41, 5.74) is 4.36. The van der Waals surface area contributed by atoms with Crippen molar-refractivity contribution in [1.82, 2.24) is 0 Å². The van der Waals surface area contributed by atoms with Gasteiger partial charge in [0.05, 0.1) is 39.5 Å². The molecule has 3 rings (SSSR count). The van der Waals surface area contributed by atoms with Crippen LogP contribution >= 0.6 is 0 Å². The summed E-state index contributed by atoms with van der Waals surface area (Å²) < 4.78 is 30.8. The van der Waals surface area contributed by atoms with Crippen LogP contribution in [0.1, 0.15) is 37.5 Å². The zero-order valence-corrected chi connectivity index (χ0v) is 23.9. The summed E-state index contributed by atoms with van der Waals surface area (Å²) >= 11 is 0. The number of para-hydroxylation sites is 3. The molecule has 0 aromatic heterocycles. The Balaban J connectivity index is 1.87. The van der Waals surface area contributed by atoms with Gasteiger partial charge in [-0.3, -0.25) is 0 Å². The van der Waals surface area contributed by atoms with Crippen LogP contribution in [0.4, 0.5) is 0 Å². The molecule has 204 valence electrons. The Labute approximate surface area is 231 Å². The maximum Gasteiger partial charge on any atom is 0.516 e. The summed E-state index contributed by atoms with van der Waals surface area (Å²) in [7, 11) is -3.32. The summed E-state index contributed by atoms with van der Waals surface area (Å²) in [6.45, 7) is 12.4. The van der Waals surface area contributed by atoms with Gasteiger partial charge in [0, 0.05) is 16.7 Å². The van der Waals surface area contributed by atoms with Gasteiger partial charge in [-0.05, 0) is 44.7 Å². The second kappa shape index (κ2) is 15.9. The van der Waals surface area contributed by atoms with E-state index in [1.165, 1.54) is 0 Å². The SMILES string of the molecule is C=C[Si](N=NCc1ccccc1OCC)(N=NCc1ccccc1OCC)N=NCc1ccccc1OCC. The van der Waals surface area contributed by atoms with E-state index >= 15 is 0 Å². The largest absolute Gasteiger partial charge is 0.516 e. The smallest absolute Gasteiger partial charge is 0.494 e. The Morgan fingerprint density at radius 3 is 1.15 bits per heavy atom. The average Bonchev–Trinajstić information content (AvgIpc) is 2.96. The molecule has 0 aliphatic rings. The summed E-state index contributed by atoms with van der Waals surface area (Å²) in [5, 5.41) is 13.4. The molecule has 0 heterocycles. The molecule has 10 heteroatoms. The highest BCUT2D eigenvalue weighted by Gasteiger charge is 2.33. The molecule has 3 aromatic carbocycles. The number of hydrogen-bond acceptors (Lipinski definition) is 9. The molecule has 0 amide bonds. The lowest BCUT2D eigenvalue weighted by Crippen LogP contribution is -2.24. The van der Waals surface area contributed by atoms with Gasteiger partial charge in [-0.1, -0.05) is 54.6 Å². The summed E-state index contributed by atoms with van der Waals surface area (Å²) in [6.07, 6.45) is 0.